The first-order valence-corrected chi connectivity index (χ1v) is 13.8. The molecule has 0 N–H and O–H groups in total. The summed E-state index contributed by atoms with van der Waals surface area (Å²) < 4.78 is 31.9. The summed E-state index contributed by atoms with van der Waals surface area (Å²) in [4.78, 5) is 10.9. The predicted octanol–water partition coefficient (Wildman–Crippen LogP) is 7.61. The third-order valence-electron chi connectivity index (χ3n) is 7.86. The lowest BCUT2D eigenvalue weighted by Gasteiger charge is -2.19. The van der Waals surface area contributed by atoms with Gasteiger partial charge in [-0.25, -0.2) is 0 Å². The van der Waals surface area contributed by atoms with Crippen molar-refractivity contribution in [3.63, 3.8) is 0 Å². The molecule has 1 atom stereocenters. The molecule has 1 unspecified atom stereocenters. The fraction of sp³-hybridized carbons (Fsp3) is 0.303. The van der Waals surface area contributed by atoms with Gasteiger partial charge >= 0.3 is 0 Å². The molecule has 1 saturated heterocycles. The maximum atomic E-state index is 13.1. The fourth-order valence-corrected chi connectivity index (χ4v) is 6.05. The number of aryl methyl sites for hydroxylation is 1. The van der Waals surface area contributed by atoms with Gasteiger partial charge < -0.3 is 4.74 Å². The minimum Gasteiger partial charge on any atom is -0.489 e. The van der Waals surface area contributed by atoms with Gasteiger partial charge in [0.25, 0.3) is 0 Å². The molecule has 0 bridgehead atoms. The molecule has 3 aromatic carbocycles. The van der Waals surface area contributed by atoms with E-state index in [1.54, 1.807) is 6.07 Å². The van der Waals surface area contributed by atoms with E-state index in [1.165, 1.54) is 11.1 Å². The van der Waals surface area contributed by atoms with Gasteiger partial charge in [-0.1, -0.05) is 36.4 Å². The molecule has 2 aliphatic rings. The number of allylic oxidation sites excluding steroid dienone is 1. The van der Waals surface area contributed by atoms with Crippen LogP contribution in [0.25, 0.3) is 22.0 Å². The van der Waals surface area contributed by atoms with E-state index in [4.69, 9.17) is 4.74 Å². The molecule has 2 heterocycles. The third-order valence-corrected chi connectivity index (χ3v) is 7.86. The molecule has 6 rings (SSSR count). The molecule has 39 heavy (non-hydrogen) atoms. The van der Waals surface area contributed by atoms with Crippen LogP contribution in [-0.4, -0.2) is 42.3 Å². The number of alkyl halides is 1. The first-order valence-electron chi connectivity index (χ1n) is 13.8. The van der Waals surface area contributed by atoms with Gasteiger partial charge in [0.2, 0.25) is 0 Å². The summed E-state index contributed by atoms with van der Waals surface area (Å²) in [6, 6.07) is 24.2. The summed E-state index contributed by atoms with van der Waals surface area (Å²) in [6.45, 7) is 2.28. The molecule has 0 saturated carbocycles. The van der Waals surface area contributed by atoms with Gasteiger partial charge in [-0.3, -0.25) is 19.2 Å². The highest BCUT2D eigenvalue weighted by Crippen LogP contribution is 2.42. The highest BCUT2D eigenvalue weighted by molar-refractivity contribution is 6.05. The van der Waals surface area contributed by atoms with E-state index in [0.717, 1.165) is 84.2 Å². The Bertz CT molecular complexity index is 1480. The Kier molecular flexibility index (Phi) is 7.55. The molecule has 1 aliphatic carbocycles. The van der Waals surface area contributed by atoms with Crippen molar-refractivity contribution in [2.45, 2.75) is 38.2 Å². The van der Waals surface area contributed by atoms with Gasteiger partial charge in [0.1, 0.15) is 11.9 Å². The summed E-state index contributed by atoms with van der Waals surface area (Å²) in [6.07, 6.45) is 6.14. The minimum atomic E-state index is -0.276. The smallest absolute Gasteiger partial charge is 0.172 e. The van der Waals surface area contributed by atoms with Crippen LogP contribution in [0.3, 0.4) is 0 Å². The number of benzene rings is 3. The second-order valence-electron chi connectivity index (χ2n) is 10.4. The van der Waals surface area contributed by atoms with Crippen LogP contribution in [0.2, 0.25) is 0 Å². The van der Waals surface area contributed by atoms with E-state index in [2.05, 4.69) is 45.2 Å². The largest absolute Gasteiger partial charge is 0.489 e. The SMILES string of the molecule is FCCCN1CCC(Oc2ccc(C3=C(c4cccc5ncccc45)CCCc4cc(OF)ccc43)cc2)C1. The van der Waals surface area contributed by atoms with Crippen molar-refractivity contribution in [2.75, 3.05) is 26.3 Å². The Hall–Kier alpha value is -3.77. The summed E-state index contributed by atoms with van der Waals surface area (Å²) in [5.74, 6) is 1.06. The van der Waals surface area contributed by atoms with Crippen LogP contribution in [0, 0.1) is 0 Å². The van der Waals surface area contributed by atoms with Crippen molar-refractivity contribution in [2.24, 2.45) is 0 Å². The number of aromatic nitrogens is 1. The topological polar surface area (TPSA) is 34.6 Å². The van der Waals surface area contributed by atoms with E-state index >= 15 is 0 Å². The Morgan fingerprint density at radius 2 is 1.79 bits per heavy atom. The minimum absolute atomic E-state index is 0.117. The Morgan fingerprint density at radius 1 is 0.923 bits per heavy atom. The molecule has 200 valence electrons. The molecule has 1 aromatic heterocycles. The maximum absolute atomic E-state index is 13.1. The van der Waals surface area contributed by atoms with Gasteiger partial charge in [-0.2, -0.15) is 0 Å². The molecule has 1 aliphatic heterocycles. The number of halogens is 2. The van der Waals surface area contributed by atoms with Crippen LogP contribution in [0.5, 0.6) is 11.5 Å². The van der Waals surface area contributed by atoms with Crippen LogP contribution in [0.15, 0.2) is 79.0 Å². The van der Waals surface area contributed by atoms with Crippen LogP contribution in [0.4, 0.5) is 8.92 Å². The number of hydrogen-bond acceptors (Lipinski definition) is 4. The fourth-order valence-electron chi connectivity index (χ4n) is 6.05. The maximum Gasteiger partial charge on any atom is 0.172 e. The zero-order valence-electron chi connectivity index (χ0n) is 21.9. The van der Waals surface area contributed by atoms with Crippen LogP contribution in [0.1, 0.15) is 47.9 Å². The Labute approximate surface area is 227 Å². The van der Waals surface area contributed by atoms with Gasteiger partial charge in [-0.05, 0) is 102 Å². The number of likely N-dealkylation sites (tertiary alicyclic amines) is 1. The Morgan fingerprint density at radius 3 is 2.64 bits per heavy atom. The predicted molar refractivity (Wildman–Crippen MR) is 151 cm³/mol. The van der Waals surface area contributed by atoms with Crippen molar-refractivity contribution in [3.8, 4) is 11.5 Å². The van der Waals surface area contributed by atoms with Crippen molar-refractivity contribution in [3.05, 3.63) is 101 Å². The summed E-state index contributed by atoms with van der Waals surface area (Å²) >= 11 is 0. The average molecular weight is 527 g/mol. The summed E-state index contributed by atoms with van der Waals surface area (Å²) in [7, 11) is 0. The number of fused-ring (bicyclic) bond motifs is 2. The van der Waals surface area contributed by atoms with E-state index in [-0.39, 0.29) is 18.5 Å². The van der Waals surface area contributed by atoms with Gasteiger partial charge in [-0.15, -0.1) is 0 Å². The van der Waals surface area contributed by atoms with Crippen LogP contribution < -0.4 is 9.68 Å². The van der Waals surface area contributed by atoms with Gasteiger partial charge in [0, 0.05) is 35.7 Å². The standard InChI is InChI=1S/C33H32F2N2O2/c34-17-4-19-37-20-16-27(22-37)38-25-12-10-23(11-13-25)33-28-15-14-26(39-35)21-24(28)5-1-7-31(33)29-6-2-9-32-30(29)8-3-18-36-32/h2-3,6,8-15,18,21,27H,1,4-5,7,16-17,19-20,22H2. The normalized spacial score (nSPS) is 17.7. The van der Waals surface area contributed by atoms with E-state index in [9.17, 15) is 8.92 Å². The zero-order chi connectivity index (χ0) is 26.6. The number of nitrogens with zero attached hydrogens (tertiary/aromatic N) is 2. The molecule has 4 aromatic rings. The molecule has 0 amide bonds. The number of rotatable bonds is 8. The van der Waals surface area contributed by atoms with Crippen molar-refractivity contribution >= 4 is 22.0 Å². The number of hydrogen-bond donors (Lipinski definition) is 0. The lowest BCUT2D eigenvalue weighted by atomic mass is 9.86. The lowest BCUT2D eigenvalue weighted by Crippen LogP contribution is -2.26. The van der Waals surface area contributed by atoms with Crippen LogP contribution >= 0.6 is 0 Å². The highest BCUT2D eigenvalue weighted by atomic mass is 19.3. The van der Waals surface area contributed by atoms with E-state index in [1.807, 2.05) is 42.6 Å². The first-order chi connectivity index (χ1) is 19.2. The molecule has 0 spiro atoms. The second kappa shape index (κ2) is 11.5. The number of pyridine rings is 1. The molecule has 6 heteroatoms. The molecule has 0 radical (unpaired) electrons. The number of ether oxygens (including phenoxy) is 1. The molecular formula is C33H32F2N2O2. The molecule has 1 fully saturated rings. The average Bonchev–Trinajstić information content (AvgIpc) is 3.34. The van der Waals surface area contributed by atoms with E-state index < -0.39 is 0 Å². The summed E-state index contributed by atoms with van der Waals surface area (Å²) in [5.41, 5.74) is 7.81. The first kappa shape index (κ1) is 25.5. The third kappa shape index (κ3) is 5.39. The second-order valence-corrected chi connectivity index (χ2v) is 10.4. The Balaban J connectivity index is 1.39. The van der Waals surface area contributed by atoms with Crippen molar-refractivity contribution in [1.29, 1.82) is 0 Å². The lowest BCUT2D eigenvalue weighted by molar-refractivity contribution is -0.00629. The van der Waals surface area contributed by atoms with Crippen molar-refractivity contribution < 1.29 is 18.6 Å². The quantitative estimate of drug-likeness (QED) is 0.237. The van der Waals surface area contributed by atoms with Gasteiger partial charge in [0.15, 0.2) is 5.75 Å². The van der Waals surface area contributed by atoms with Crippen LogP contribution in [-0.2, 0) is 6.42 Å². The monoisotopic (exact) mass is 526 g/mol. The summed E-state index contributed by atoms with van der Waals surface area (Å²) in [5, 5.41) is 1.12. The molecular weight excluding hydrogens is 494 g/mol. The highest BCUT2D eigenvalue weighted by Gasteiger charge is 2.25. The van der Waals surface area contributed by atoms with E-state index in [0.29, 0.717) is 6.42 Å². The van der Waals surface area contributed by atoms with Gasteiger partial charge in [0.05, 0.1) is 12.2 Å². The molecule has 4 nitrogen and oxygen atoms in total. The zero-order valence-corrected chi connectivity index (χ0v) is 21.9. The van der Waals surface area contributed by atoms with Crippen molar-refractivity contribution in [1.82, 2.24) is 9.88 Å².